The van der Waals surface area contributed by atoms with Crippen LogP contribution in [0.1, 0.15) is 0 Å². The van der Waals surface area contributed by atoms with Crippen molar-refractivity contribution in [1.29, 1.82) is 0 Å². The van der Waals surface area contributed by atoms with Gasteiger partial charge in [-0.3, -0.25) is 0 Å². The van der Waals surface area contributed by atoms with Gasteiger partial charge in [0, 0.05) is 21.2 Å². The fourth-order valence-electron chi connectivity index (χ4n) is 2.84. The molecule has 28 heavy (non-hydrogen) atoms. The summed E-state index contributed by atoms with van der Waals surface area (Å²) in [5, 5.41) is 7.67. The fourth-order valence-corrected chi connectivity index (χ4v) is 2.84. The predicted molar refractivity (Wildman–Crippen MR) is 108 cm³/mol. The van der Waals surface area contributed by atoms with Gasteiger partial charge in [0.2, 0.25) is 0 Å². The van der Waals surface area contributed by atoms with Gasteiger partial charge in [-0.15, -0.1) is 0 Å². The predicted octanol–water partition coefficient (Wildman–Crippen LogP) is 6.92. The minimum absolute atomic E-state index is 0.426. The molecular formula is C20H16N6O2. The van der Waals surface area contributed by atoms with Crippen LogP contribution < -0.4 is 9.47 Å². The van der Waals surface area contributed by atoms with Crippen LogP contribution in [0.4, 0.5) is 11.4 Å². The highest BCUT2D eigenvalue weighted by molar-refractivity contribution is 5.88. The molecule has 0 bridgehead atoms. The largest absolute Gasteiger partial charge is 0.497 e. The number of azide groups is 2. The van der Waals surface area contributed by atoms with Crippen molar-refractivity contribution >= 4 is 11.4 Å². The Morgan fingerprint density at radius 2 is 1.00 bits per heavy atom. The summed E-state index contributed by atoms with van der Waals surface area (Å²) in [7, 11) is 3.17. The third-order valence-corrected chi connectivity index (χ3v) is 4.22. The number of benzene rings is 3. The second-order valence-electron chi connectivity index (χ2n) is 5.72. The lowest BCUT2D eigenvalue weighted by Gasteiger charge is -2.13. The molecule has 0 unspecified atom stereocenters. The molecule has 3 aromatic carbocycles. The van der Waals surface area contributed by atoms with E-state index in [-0.39, 0.29) is 0 Å². The molecule has 0 aliphatic heterocycles. The van der Waals surface area contributed by atoms with Gasteiger partial charge in [0.05, 0.1) is 14.2 Å². The van der Waals surface area contributed by atoms with Gasteiger partial charge < -0.3 is 9.47 Å². The summed E-state index contributed by atoms with van der Waals surface area (Å²) in [6.07, 6.45) is 0. The van der Waals surface area contributed by atoms with Crippen LogP contribution in [0.5, 0.6) is 11.5 Å². The van der Waals surface area contributed by atoms with Crippen LogP contribution in [-0.4, -0.2) is 14.2 Å². The highest BCUT2D eigenvalue weighted by Gasteiger charge is 2.12. The lowest BCUT2D eigenvalue weighted by Crippen LogP contribution is -1.86. The molecule has 0 heterocycles. The molecule has 0 radical (unpaired) electrons. The molecule has 138 valence electrons. The first-order valence-electron chi connectivity index (χ1n) is 8.27. The average Bonchev–Trinajstić information content (AvgIpc) is 2.75. The van der Waals surface area contributed by atoms with Crippen molar-refractivity contribution in [2.45, 2.75) is 0 Å². The van der Waals surface area contributed by atoms with E-state index in [1.165, 1.54) is 0 Å². The van der Waals surface area contributed by atoms with Gasteiger partial charge >= 0.3 is 0 Å². The molecule has 0 fully saturated rings. The van der Waals surface area contributed by atoms with Crippen molar-refractivity contribution in [1.82, 2.24) is 0 Å². The Morgan fingerprint density at radius 3 is 1.29 bits per heavy atom. The molecule has 0 aliphatic carbocycles. The molecule has 8 heteroatoms. The Bertz CT molecular complexity index is 992. The Morgan fingerprint density at radius 1 is 0.643 bits per heavy atom. The maximum absolute atomic E-state index is 9.02. The van der Waals surface area contributed by atoms with E-state index in [9.17, 15) is 0 Å². The maximum atomic E-state index is 9.02. The molecule has 3 rings (SSSR count). The van der Waals surface area contributed by atoms with Gasteiger partial charge in [0.25, 0.3) is 0 Å². The molecule has 0 saturated heterocycles. The number of rotatable bonds is 6. The van der Waals surface area contributed by atoms with Gasteiger partial charge in [0.1, 0.15) is 11.5 Å². The Hall–Kier alpha value is -4.12. The van der Waals surface area contributed by atoms with Crippen LogP contribution in [-0.2, 0) is 0 Å². The van der Waals surface area contributed by atoms with Crippen LogP contribution in [0.3, 0.4) is 0 Å². The molecule has 0 atom stereocenters. The summed E-state index contributed by atoms with van der Waals surface area (Å²) in [6.45, 7) is 0. The summed E-state index contributed by atoms with van der Waals surface area (Å²) in [6, 6.07) is 18.0. The van der Waals surface area contributed by atoms with E-state index in [4.69, 9.17) is 20.5 Å². The first-order chi connectivity index (χ1) is 13.7. The Balaban J connectivity index is 2.21. The topological polar surface area (TPSA) is 116 Å². The highest BCUT2D eigenvalue weighted by Crippen LogP contribution is 2.42. The SMILES string of the molecule is COc1ccc(-c2cc(N=[N+]=[N-])c(-c3ccc(OC)cc3)cc2N=[N+]=[N-])cc1. The Kier molecular flexibility index (Phi) is 5.67. The van der Waals surface area contributed by atoms with Crippen molar-refractivity contribution in [2.24, 2.45) is 10.2 Å². The second-order valence-corrected chi connectivity index (χ2v) is 5.72. The van der Waals surface area contributed by atoms with E-state index in [1.54, 1.807) is 50.6 Å². The molecule has 0 N–H and O–H groups in total. The monoisotopic (exact) mass is 372 g/mol. The van der Waals surface area contributed by atoms with E-state index in [2.05, 4.69) is 20.1 Å². The number of hydrogen-bond donors (Lipinski definition) is 0. The van der Waals surface area contributed by atoms with Gasteiger partial charge in [-0.25, -0.2) is 0 Å². The van der Waals surface area contributed by atoms with Crippen molar-refractivity contribution in [2.75, 3.05) is 14.2 Å². The molecule has 0 aliphatic rings. The first-order valence-corrected chi connectivity index (χ1v) is 8.27. The van der Waals surface area contributed by atoms with E-state index < -0.39 is 0 Å². The minimum atomic E-state index is 0.426. The smallest absolute Gasteiger partial charge is 0.118 e. The second kappa shape index (κ2) is 8.51. The molecule has 0 saturated carbocycles. The van der Waals surface area contributed by atoms with E-state index in [0.29, 0.717) is 34.0 Å². The quantitative estimate of drug-likeness (QED) is 0.265. The normalized spacial score (nSPS) is 9.79. The lowest BCUT2D eigenvalue weighted by molar-refractivity contribution is 0.415. The third kappa shape index (κ3) is 3.83. The first kappa shape index (κ1) is 18.7. The summed E-state index contributed by atoms with van der Waals surface area (Å²) >= 11 is 0. The third-order valence-electron chi connectivity index (χ3n) is 4.22. The summed E-state index contributed by atoms with van der Waals surface area (Å²) in [5.41, 5.74) is 21.8. The minimum Gasteiger partial charge on any atom is -0.497 e. The van der Waals surface area contributed by atoms with Crippen LogP contribution in [0.15, 0.2) is 70.9 Å². The summed E-state index contributed by atoms with van der Waals surface area (Å²) in [5.74, 6) is 1.42. The van der Waals surface area contributed by atoms with E-state index >= 15 is 0 Å². The van der Waals surface area contributed by atoms with Crippen LogP contribution >= 0.6 is 0 Å². The summed E-state index contributed by atoms with van der Waals surface area (Å²) in [4.78, 5) is 5.88. The van der Waals surface area contributed by atoms with Gasteiger partial charge in [-0.2, -0.15) is 0 Å². The van der Waals surface area contributed by atoms with Crippen LogP contribution in [0.2, 0.25) is 0 Å². The number of hydrogen-bond acceptors (Lipinski definition) is 4. The lowest BCUT2D eigenvalue weighted by atomic mass is 9.96. The molecule has 0 amide bonds. The van der Waals surface area contributed by atoms with Crippen molar-refractivity contribution in [3.63, 3.8) is 0 Å². The average molecular weight is 372 g/mol. The van der Waals surface area contributed by atoms with Crippen LogP contribution in [0, 0.1) is 0 Å². The molecule has 8 nitrogen and oxygen atoms in total. The number of nitrogens with zero attached hydrogens (tertiary/aromatic N) is 6. The molecular weight excluding hydrogens is 356 g/mol. The van der Waals surface area contributed by atoms with Gasteiger partial charge in [0.15, 0.2) is 0 Å². The van der Waals surface area contributed by atoms with Crippen molar-refractivity contribution in [3.8, 4) is 33.8 Å². The maximum Gasteiger partial charge on any atom is 0.118 e. The molecule has 0 aromatic heterocycles. The number of ether oxygens (including phenoxy) is 2. The van der Waals surface area contributed by atoms with Crippen molar-refractivity contribution < 1.29 is 9.47 Å². The zero-order valence-electron chi connectivity index (χ0n) is 15.3. The zero-order chi connectivity index (χ0) is 19.9. The zero-order valence-corrected chi connectivity index (χ0v) is 15.3. The van der Waals surface area contributed by atoms with Crippen LogP contribution in [0.25, 0.3) is 43.1 Å². The van der Waals surface area contributed by atoms with Crippen molar-refractivity contribution in [3.05, 3.63) is 81.5 Å². The highest BCUT2D eigenvalue weighted by atomic mass is 16.5. The number of methoxy groups -OCH3 is 2. The molecule has 3 aromatic rings. The summed E-state index contributed by atoms with van der Waals surface area (Å²) < 4.78 is 10.4. The van der Waals surface area contributed by atoms with E-state index in [1.807, 2.05) is 24.3 Å². The standard InChI is InChI=1S/C20H16N6O2/c1-27-15-7-3-13(4-8-15)17-11-20(24-26-22)18(12-19(17)23-25-21)14-5-9-16(28-2)10-6-14/h3-12H,1-2H3. The van der Waals surface area contributed by atoms with Gasteiger partial charge in [-0.05, 0) is 69.7 Å². The Labute approximate surface area is 161 Å². The van der Waals surface area contributed by atoms with E-state index in [0.717, 1.165) is 11.1 Å². The fraction of sp³-hybridized carbons (Fsp3) is 0.100. The van der Waals surface area contributed by atoms with Gasteiger partial charge in [-0.1, -0.05) is 34.5 Å². The molecule has 0 spiro atoms.